The van der Waals surface area contributed by atoms with Crippen LogP contribution in [0.1, 0.15) is 45.1 Å². The first-order chi connectivity index (χ1) is 12.2. The maximum atomic E-state index is 11.6. The van der Waals surface area contributed by atoms with E-state index in [1.807, 2.05) is 24.0 Å². The van der Waals surface area contributed by atoms with E-state index in [1.165, 1.54) is 0 Å². The summed E-state index contributed by atoms with van der Waals surface area (Å²) in [5.74, 6) is 1.61. The molecule has 0 unspecified atom stereocenters. The molecule has 140 valence electrons. The molecule has 0 radical (unpaired) electrons. The van der Waals surface area contributed by atoms with E-state index >= 15 is 0 Å². The number of hydrogen-bond acceptors (Lipinski definition) is 4. The summed E-state index contributed by atoms with van der Waals surface area (Å²) >= 11 is 6.37. The van der Waals surface area contributed by atoms with Gasteiger partial charge in [0.25, 0.3) is 0 Å². The highest BCUT2D eigenvalue weighted by Gasteiger charge is 2.19. The fourth-order valence-corrected chi connectivity index (χ4v) is 3.19. The summed E-state index contributed by atoms with van der Waals surface area (Å²) in [5.41, 5.74) is 1.06. The third-order valence-electron chi connectivity index (χ3n) is 4.10. The summed E-state index contributed by atoms with van der Waals surface area (Å²) in [6.07, 6.45) is 3.58. The summed E-state index contributed by atoms with van der Waals surface area (Å²) in [5, 5.41) is 3.99. The van der Waals surface area contributed by atoms with Crippen molar-refractivity contribution in [2.45, 2.75) is 46.1 Å². The van der Waals surface area contributed by atoms with Gasteiger partial charge in [-0.2, -0.15) is 0 Å². The van der Waals surface area contributed by atoms with Crippen LogP contribution in [0.3, 0.4) is 0 Å². The maximum Gasteiger partial charge on any atom is 0.222 e. The first-order valence-corrected chi connectivity index (χ1v) is 9.60. The molecule has 0 atom stereocenters. The van der Waals surface area contributed by atoms with E-state index in [-0.39, 0.29) is 5.91 Å². The number of benzene rings is 1. The molecule has 1 N–H and O–H groups in total. The molecule has 0 spiro atoms. The third-order valence-corrected chi connectivity index (χ3v) is 4.38. The molecule has 0 saturated carbocycles. The Morgan fingerprint density at radius 2 is 2.12 bits per heavy atom. The highest BCUT2D eigenvalue weighted by molar-refractivity contribution is 6.32. The minimum Gasteiger partial charge on any atom is -0.490 e. The van der Waals surface area contributed by atoms with Gasteiger partial charge < -0.3 is 19.7 Å². The van der Waals surface area contributed by atoms with E-state index in [0.29, 0.717) is 42.7 Å². The van der Waals surface area contributed by atoms with Crippen molar-refractivity contribution >= 4 is 17.5 Å². The lowest BCUT2D eigenvalue weighted by atomic mass is 10.2. The molecular formula is C19H29ClN2O3. The van der Waals surface area contributed by atoms with Gasteiger partial charge in [-0.05, 0) is 50.4 Å². The smallest absolute Gasteiger partial charge is 0.222 e. The SMILES string of the molecule is CCCOc1c(Cl)cc(CNCCCN2CCCC2=O)cc1OCC. The van der Waals surface area contributed by atoms with Crippen LogP contribution in [0.2, 0.25) is 5.02 Å². The van der Waals surface area contributed by atoms with E-state index in [1.54, 1.807) is 0 Å². The Labute approximate surface area is 155 Å². The normalized spacial score (nSPS) is 14.2. The third kappa shape index (κ3) is 6.08. The van der Waals surface area contributed by atoms with Crippen LogP contribution in [0.25, 0.3) is 0 Å². The molecule has 1 aliphatic rings. The first-order valence-electron chi connectivity index (χ1n) is 9.22. The first kappa shape index (κ1) is 19.9. The quantitative estimate of drug-likeness (QED) is 0.606. The average molecular weight is 369 g/mol. The summed E-state index contributed by atoms with van der Waals surface area (Å²) in [4.78, 5) is 13.5. The minimum atomic E-state index is 0.288. The lowest BCUT2D eigenvalue weighted by molar-refractivity contribution is -0.127. The molecule has 1 saturated heterocycles. The number of carbonyl (C=O) groups is 1. The van der Waals surface area contributed by atoms with Gasteiger partial charge in [0.15, 0.2) is 11.5 Å². The molecule has 0 aliphatic carbocycles. The zero-order chi connectivity index (χ0) is 18.1. The van der Waals surface area contributed by atoms with Gasteiger partial charge in [0.2, 0.25) is 5.91 Å². The molecular weight excluding hydrogens is 340 g/mol. The Hall–Kier alpha value is -1.46. The van der Waals surface area contributed by atoms with Crippen LogP contribution in [0, 0.1) is 0 Å². The van der Waals surface area contributed by atoms with E-state index in [9.17, 15) is 4.79 Å². The van der Waals surface area contributed by atoms with Crippen LogP contribution in [-0.2, 0) is 11.3 Å². The second-order valence-electron chi connectivity index (χ2n) is 6.20. The number of ether oxygens (including phenoxy) is 2. The van der Waals surface area contributed by atoms with Gasteiger partial charge in [0.05, 0.1) is 18.2 Å². The molecule has 1 aliphatic heterocycles. The summed E-state index contributed by atoms with van der Waals surface area (Å²) in [7, 11) is 0. The van der Waals surface area contributed by atoms with Crippen molar-refractivity contribution in [3.05, 3.63) is 22.7 Å². The molecule has 0 aromatic heterocycles. The average Bonchev–Trinajstić information content (AvgIpc) is 2.99. The molecule has 1 fully saturated rings. The Morgan fingerprint density at radius 3 is 2.80 bits per heavy atom. The fraction of sp³-hybridized carbons (Fsp3) is 0.632. The van der Waals surface area contributed by atoms with Crippen molar-refractivity contribution in [3.63, 3.8) is 0 Å². The van der Waals surface area contributed by atoms with Crippen LogP contribution < -0.4 is 14.8 Å². The molecule has 5 nitrogen and oxygen atoms in total. The van der Waals surface area contributed by atoms with E-state index < -0.39 is 0 Å². The van der Waals surface area contributed by atoms with Gasteiger partial charge in [-0.15, -0.1) is 0 Å². The Morgan fingerprint density at radius 1 is 1.28 bits per heavy atom. The fourth-order valence-electron chi connectivity index (χ4n) is 2.90. The second-order valence-corrected chi connectivity index (χ2v) is 6.61. The molecule has 1 aromatic rings. The molecule has 0 bridgehead atoms. The monoisotopic (exact) mass is 368 g/mol. The van der Waals surface area contributed by atoms with Crippen molar-refractivity contribution in [2.24, 2.45) is 0 Å². The number of halogens is 1. The zero-order valence-corrected chi connectivity index (χ0v) is 16.0. The summed E-state index contributed by atoms with van der Waals surface area (Å²) < 4.78 is 11.4. The second kappa shape index (κ2) is 10.5. The van der Waals surface area contributed by atoms with E-state index in [4.69, 9.17) is 21.1 Å². The number of likely N-dealkylation sites (tertiary alicyclic amines) is 1. The standard InChI is InChI=1S/C19H29ClN2O3/c1-3-11-25-19-16(20)12-15(13-17(19)24-4-2)14-21-8-6-10-22-9-5-7-18(22)23/h12-13,21H,3-11,14H2,1-2H3. The van der Waals surface area contributed by atoms with E-state index in [2.05, 4.69) is 12.2 Å². The summed E-state index contributed by atoms with van der Waals surface area (Å²) in [6, 6.07) is 3.91. The molecule has 2 rings (SSSR count). The highest BCUT2D eigenvalue weighted by Crippen LogP contribution is 2.36. The predicted molar refractivity (Wildman–Crippen MR) is 101 cm³/mol. The van der Waals surface area contributed by atoms with Crippen LogP contribution in [0.5, 0.6) is 11.5 Å². The lowest BCUT2D eigenvalue weighted by Crippen LogP contribution is -2.28. The Kier molecular flexibility index (Phi) is 8.35. The van der Waals surface area contributed by atoms with Gasteiger partial charge >= 0.3 is 0 Å². The number of amides is 1. The highest BCUT2D eigenvalue weighted by atomic mass is 35.5. The predicted octanol–water partition coefficient (Wildman–Crippen LogP) is 3.63. The van der Waals surface area contributed by atoms with Crippen molar-refractivity contribution < 1.29 is 14.3 Å². The number of hydrogen-bond donors (Lipinski definition) is 1. The maximum absolute atomic E-state index is 11.6. The Balaban J connectivity index is 1.83. The van der Waals surface area contributed by atoms with Gasteiger partial charge in [-0.1, -0.05) is 18.5 Å². The van der Waals surface area contributed by atoms with Crippen LogP contribution in [0.15, 0.2) is 12.1 Å². The van der Waals surface area contributed by atoms with Gasteiger partial charge in [-0.25, -0.2) is 0 Å². The molecule has 25 heavy (non-hydrogen) atoms. The number of rotatable bonds is 11. The number of nitrogens with zero attached hydrogens (tertiary/aromatic N) is 1. The molecule has 1 amide bonds. The largest absolute Gasteiger partial charge is 0.490 e. The number of carbonyl (C=O) groups excluding carboxylic acids is 1. The van der Waals surface area contributed by atoms with Crippen molar-refractivity contribution in [1.82, 2.24) is 10.2 Å². The van der Waals surface area contributed by atoms with Crippen LogP contribution >= 0.6 is 11.6 Å². The van der Waals surface area contributed by atoms with Crippen LogP contribution in [0.4, 0.5) is 0 Å². The van der Waals surface area contributed by atoms with Crippen molar-refractivity contribution in [2.75, 3.05) is 32.8 Å². The van der Waals surface area contributed by atoms with Crippen molar-refractivity contribution in [3.8, 4) is 11.5 Å². The lowest BCUT2D eigenvalue weighted by Gasteiger charge is -2.16. The molecule has 1 aromatic carbocycles. The zero-order valence-electron chi connectivity index (χ0n) is 15.3. The van der Waals surface area contributed by atoms with E-state index in [0.717, 1.165) is 44.5 Å². The van der Waals surface area contributed by atoms with Gasteiger partial charge in [0, 0.05) is 26.1 Å². The molecule has 1 heterocycles. The summed E-state index contributed by atoms with van der Waals surface area (Å²) in [6.45, 7) is 8.50. The van der Waals surface area contributed by atoms with Crippen LogP contribution in [-0.4, -0.2) is 43.7 Å². The van der Waals surface area contributed by atoms with Gasteiger partial charge in [0.1, 0.15) is 0 Å². The van der Waals surface area contributed by atoms with Crippen molar-refractivity contribution in [1.29, 1.82) is 0 Å². The topological polar surface area (TPSA) is 50.8 Å². The Bertz CT molecular complexity index is 566. The molecule has 6 heteroatoms. The minimum absolute atomic E-state index is 0.288. The van der Waals surface area contributed by atoms with Gasteiger partial charge in [-0.3, -0.25) is 4.79 Å². The number of nitrogens with one attached hydrogen (secondary N) is 1.